The summed E-state index contributed by atoms with van der Waals surface area (Å²) in [5.41, 5.74) is 2.10. The number of anilines is 1. The Morgan fingerprint density at radius 3 is 2.67 bits per heavy atom. The van der Waals surface area contributed by atoms with Crippen LogP contribution < -0.4 is 9.64 Å². The third-order valence-electron chi connectivity index (χ3n) is 5.39. The third kappa shape index (κ3) is 6.21. The van der Waals surface area contributed by atoms with Crippen molar-refractivity contribution in [3.05, 3.63) is 58.3 Å². The van der Waals surface area contributed by atoms with Crippen LogP contribution in [0.3, 0.4) is 0 Å². The first kappa shape index (κ1) is 23.4. The maximum atomic E-state index is 13.5. The van der Waals surface area contributed by atoms with Gasteiger partial charge in [-0.3, -0.25) is 4.79 Å². The SMILES string of the molecule is CCCC(=O)OCc1nnc(-c2ccc(N3CCC(Oc4cc(F)ccc4Cl)CC3)cc2)s1. The van der Waals surface area contributed by atoms with E-state index in [0.29, 0.717) is 22.2 Å². The van der Waals surface area contributed by atoms with Gasteiger partial charge in [-0.05, 0) is 42.8 Å². The van der Waals surface area contributed by atoms with Gasteiger partial charge in [0.15, 0.2) is 5.01 Å². The van der Waals surface area contributed by atoms with Gasteiger partial charge in [-0.15, -0.1) is 10.2 Å². The molecule has 0 radical (unpaired) electrons. The van der Waals surface area contributed by atoms with Crippen LogP contribution in [0.2, 0.25) is 5.02 Å². The zero-order valence-electron chi connectivity index (χ0n) is 18.3. The Bertz CT molecular complexity index is 1080. The van der Waals surface area contributed by atoms with Crippen LogP contribution in [-0.2, 0) is 16.1 Å². The Labute approximate surface area is 201 Å². The molecule has 174 valence electrons. The van der Waals surface area contributed by atoms with Crippen molar-refractivity contribution in [3.63, 3.8) is 0 Å². The second-order valence-electron chi connectivity index (χ2n) is 7.84. The van der Waals surface area contributed by atoms with Gasteiger partial charge in [-0.2, -0.15) is 0 Å². The van der Waals surface area contributed by atoms with E-state index in [0.717, 1.165) is 48.6 Å². The summed E-state index contributed by atoms with van der Waals surface area (Å²) in [7, 11) is 0. The summed E-state index contributed by atoms with van der Waals surface area (Å²) in [5, 5.41) is 10.2. The van der Waals surface area contributed by atoms with Crippen molar-refractivity contribution >= 4 is 34.6 Å². The minimum absolute atomic E-state index is 0.00561. The minimum Gasteiger partial charge on any atom is -0.489 e. The molecule has 2 heterocycles. The van der Waals surface area contributed by atoms with Crippen molar-refractivity contribution in [2.45, 2.75) is 45.3 Å². The molecular formula is C24H25ClFN3O3S. The number of benzene rings is 2. The third-order valence-corrected chi connectivity index (χ3v) is 6.64. The number of halogens is 2. The molecule has 4 rings (SSSR count). The Kier molecular flexibility index (Phi) is 7.77. The Hall–Kier alpha value is -2.71. The van der Waals surface area contributed by atoms with Gasteiger partial charge in [0.05, 0.1) is 5.02 Å². The largest absolute Gasteiger partial charge is 0.489 e. The molecule has 0 saturated carbocycles. The molecule has 0 atom stereocenters. The van der Waals surface area contributed by atoms with Crippen molar-refractivity contribution in [2.75, 3.05) is 18.0 Å². The van der Waals surface area contributed by atoms with Crippen LogP contribution in [0.5, 0.6) is 5.75 Å². The second kappa shape index (κ2) is 10.9. The number of nitrogens with zero attached hydrogens (tertiary/aromatic N) is 3. The molecule has 1 aromatic heterocycles. The van der Waals surface area contributed by atoms with Crippen LogP contribution in [0.15, 0.2) is 42.5 Å². The molecule has 0 spiro atoms. The number of piperidine rings is 1. The normalized spacial score (nSPS) is 14.3. The van der Waals surface area contributed by atoms with Gasteiger partial charge in [0.1, 0.15) is 29.3 Å². The van der Waals surface area contributed by atoms with E-state index in [1.54, 1.807) is 0 Å². The standard InChI is InChI=1S/C24H25ClFN3O3S/c1-2-3-23(30)31-15-22-27-28-24(33-22)16-4-7-18(8-5-16)29-12-10-19(11-13-29)32-21-14-17(26)6-9-20(21)25/h4-9,14,19H,2-3,10-13,15H2,1H3. The first-order valence-corrected chi connectivity index (χ1v) is 12.2. The number of carbonyl (C=O) groups excluding carboxylic acids is 1. The molecular weight excluding hydrogens is 465 g/mol. The molecule has 33 heavy (non-hydrogen) atoms. The molecule has 0 bridgehead atoms. The van der Waals surface area contributed by atoms with Crippen LogP contribution in [0, 0.1) is 5.82 Å². The molecule has 0 aliphatic carbocycles. The fourth-order valence-electron chi connectivity index (χ4n) is 3.64. The number of carbonyl (C=O) groups is 1. The summed E-state index contributed by atoms with van der Waals surface area (Å²) < 4.78 is 24.6. The van der Waals surface area contributed by atoms with Crippen LogP contribution in [0.25, 0.3) is 10.6 Å². The Balaban J connectivity index is 1.30. The topological polar surface area (TPSA) is 64.5 Å². The van der Waals surface area contributed by atoms with Crippen molar-refractivity contribution in [3.8, 4) is 16.3 Å². The van der Waals surface area contributed by atoms with E-state index in [9.17, 15) is 9.18 Å². The van der Waals surface area contributed by atoms with Gasteiger partial charge < -0.3 is 14.4 Å². The van der Waals surface area contributed by atoms with Gasteiger partial charge in [-0.25, -0.2) is 4.39 Å². The highest BCUT2D eigenvalue weighted by Gasteiger charge is 2.22. The molecule has 0 unspecified atom stereocenters. The lowest BCUT2D eigenvalue weighted by Gasteiger charge is -2.34. The second-order valence-corrected chi connectivity index (χ2v) is 9.31. The molecule has 1 saturated heterocycles. The molecule has 1 aliphatic rings. The average molecular weight is 490 g/mol. The van der Waals surface area contributed by atoms with Crippen LogP contribution in [0.4, 0.5) is 10.1 Å². The molecule has 0 N–H and O–H groups in total. The first-order chi connectivity index (χ1) is 16.0. The fraction of sp³-hybridized carbons (Fsp3) is 0.375. The highest BCUT2D eigenvalue weighted by molar-refractivity contribution is 7.14. The van der Waals surface area contributed by atoms with E-state index in [-0.39, 0.29) is 24.5 Å². The van der Waals surface area contributed by atoms with Crippen LogP contribution in [0.1, 0.15) is 37.6 Å². The summed E-state index contributed by atoms with van der Waals surface area (Å²) >= 11 is 7.54. The summed E-state index contributed by atoms with van der Waals surface area (Å²) in [6, 6.07) is 12.4. The highest BCUT2D eigenvalue weighted by atomic mass is 35.5. The van der Waals surface area contributed by atoms with Crippen LogP contribution in [-0.4, -0.2) is 35.4 Å². The molecule has 3 aromatic rings. The van der Waals surface area contributed by atoms with Crippen LogP contribution >= 0.6 is 22.9 Å². The quantitative estimate of drug-likeness (QED) is 0.368. The number of hydrogen-bond acceptors (Lipinski definition) is 7. The summed E-state index contributed by atoms with van der Waals surface area (Å²) in [4.78, 5) is 13.8. The monoisotopic (exact) mass is 489 g/mol. The van der Waals surface area contributed by atoms with Crippen molar-refractivity contribution in [1.29, 1.82) is 0 Å². The molecule has 9 heteroatoms. The average Bonchev–Trinajstić information content (AvgIpc) is 3.30. The maximum absolute atomic E-state index is 13.5. The lowest BCUT2D eigenvalue weighted by molar-refractivity contribution is -0.145. The van der Waals surface area contributed by atoms with Gasteiger partial charge >= 0.3 is 5.97 Å². The predicted octanol–water partition coefficient (Wildman–Crippen LogP) is 5.89. The maximum Gasteiger partial charge on any atom is 0.306 e. The number of rotatable bonds is 8. The lowest BCUT2D eigenvalue weighted by atomic mass is 10.1. The molecule has 1 fully saturated rings. The van der Waals surface area contributed by atoms with Gasteiger partial charge in [0, 0.05) is 49.7 Å². The van der Waals surface area contributed by atoms with E-state index >= 15 is 0 Å². The number of ether oxygens (including phenoxy) is 2. The zero-order chi connectivity index (χ0) is 23.2. The van der Waals surface area contributed by atoms with Crippen molar-refractivity contribution in [1.82, 2.24) is 10.2 Å². The summed E-state index contributed by atoms with van der Waals surface area (Å²) in [5.74, 6) is -0.171. The minimum atomic E-state index is -0.355. The predicted molar refractivity (Wildman–Crippen MR) is 127 cm³/mol. The van der Waals surface area contributed by atoms with E-state index in [1.807, 2.05) is 19.1 Å². The van der Waals surface area contributed by atoms with E-state index in [4.69, 9.17) is 21.1 Å². The van der Waals surface area contributed by atoms with Gasteiger partial charge in [0.25, 0.3) is 0 Å². The van der Waals surface area contributed by atoms with E-state index in [2.05, 4.69) is 27.2 Å². The van der Waals surface area contributed by atoms with E-state index in [1.165, 1.54) is 29.5 Å². The molecule has 0 amide bonds. The Morgan fingerprint density at radius 1 is 1.18 bits per heavy atom. The number of hydrogen-bond donors (Lipinski definition) is 0. The van der Waals surface area contributed by atoms with Crippen molar-refractivity contribution < 1.29 is 18.7 Å². The van der Waals surface area contributed by atoms with Gasteiger partial charge in [0.2, 0.25) is 0 Å². The first-order valence-electron chi connectivity index (χ1n) is 11.0. The molecule has 1 aliphatic heterocycles. The zero-order valence-corrected chi connectivity index (χ0v) is 19.9. The Morgan fingerprint density at radius 2 is 1.94 bits per heavy atom. The van der Waals surface area contributed by atoms with Gasteiger partial charge in [-0.1, -0.05) is 29.9 Å². The number of aromatic nitrogens is 2. The molecule has 6 nitrogen and oxygen atoms in total. The van der Waals surface area contributed by atoms with Crippen molar-refractivity contribution in [2.24, 2.45) is 0 Å². The highest BCUT2D eigenvalue weighted by Crippen LogP contribution is 2.30. The number of esters is 1. The smallest absolute Gasteiger partial charge is 0.306 e. The lowest BCUT2D eigenvalue weighted by Crippen LogP contribution is -2.38. The fourth-order valence-corrected chi connectivity index (χ4v) is 4.56. The summed E-state index contributed by atoms with van der Waals surface area (Å²) in [6.07, 6.45) is 2.83. The molecule has 2 aromatic carbocycles. The van der Waals surface area contributed by atoms with E-state index < -0.39 is 0 Å². The summed E-state index contributed by atoms with van der Waals surface area (Å²) in [6.45, 7) is 3.77.